The van der Waals surface area contributed by atoms with Crippen LogP contribution in [0.1, 0.15) is 15.4 Å². The summed E-state index contributed by atoms with van der Waals surface area (Å²) in [6, 6.07) is 5.29. The van der Waals surface area contributed by atoms with Crippen LogP contribution in [-0.2, 0) is 6.54 Å². The average Bonchev–Trinajstić information content (AvgIpc) is 2.82. The van der Waals surface area contributed by atoms with Gasteiger partial charge in [-0.05, 0) is 34.1 Å². The van der Waals surface area contributed by atoms with Gasteiger partial charge in [-0.15, -0.1) is 11.3 Å². The molecule has 0 radical (unpaired) electrons. The highest BCUT2D eigenvalue weighted by atomic mass is 79.9. The van der Waals surface area contributed by atoms with Crippen molar-refractivity contribution in [1.29, 1.82) is 0 Å². The van der Waals surface area contributed by atoms with E-state index < -0.39 is 0 Å². The molecule has 0 bridgehead atoms. The van der Waals surface area contributed by atoms with E-state index in [2.05, 4.69) is 31.7 Å². The number of rotatable bonds is 4. The van der Waals surface area contributed by atoms with Crippen LogP contribution in [0.5, 0.6) is 0 Å². The molecule has 1 amide bonds. The number of anilines is 1. The smallest absolute Gasteiger partial charge is 0.270 e. The molecule has 0 fully saturated rings. The summed E-state index contributed by atoms with van der Waals surface area (Å²) in [6.45, 7) is 0.494. The van der Waals surface area contributed by atoms with Crippen molar-refractivity contribution < 1.29 is 4.79 Å². The normalized spacial score (nSPS) is 10.1. The van der Waals surface area contributed by atoms with E-state index in [4.69, 9.17) is 5.84 Å². The minimum atomic E-state index is -0.205. The summed E-state index contributed by atoms with van der Waals surface area (Å²) < 4.78 is 1.02. The van der Waals surface area contributed by atoms with Crippen LogP contribution in [0.3, 0.4) is 0 Å². The van der Waals surface area contributed by atoms with Gasteiger partial charge in [0.2, 0.25) is 0 Å². The fourth-order valence-electron chi connectivity index (χ4n) is 1.32. The number of pyridine rings is 1. The van der Waals surface area contributed by atoms with Crippen molar-refractivity contribution in [2.24, 2.45) is 5.84 Å². The van der Waals surface area contributed by atoms with Crippen LogP contribution in [0.25, 0.3) is 0 Å². The third-order valence-corrected chi connectivity index (χ3v) is 3.91. The van der Waals surface area contributed by atoms with Crippen LogP contribution >= 0.6 is 27.3 Å². The van der Waals surface area contributed by atoms with Crippen LogP contribution in [0, 0.1) is 0 Å². The fraction of sp³-hybridized carbons (Fsp3) is 0.0909. The van der Waals surface area contributed by atoms with Gasteiger partial charge < -0.3 is 10.7 Å². The number of hydrogen-bond donors (Lipinski definition) is 3. The summed E-state index contributed by atoms with van der Waals surface area (Å²) in [4.78, 5) is 16.9. The number of hydrogen-bond acceptors (Lipinski definition) is 5. The Balaban J connectivity index is 1.94. The third kappa shape index (κ3) is 3.28. The molecule has 2 heterocycles. The Morgan fingerprint density at radius 1 is 1.50 bits per heavy atom. The highest BCUT2D eigenvalue weighted by Gasteiger charge is 2.07. The van der Waals surface area contributed by atoms with Crippen molar-refractivity contribution in [3.8, 4) is 0 Å². The summed E-state index contributed by atoms with van der Waals surface area (Å²) in [5, 5.41) is 4.78. The third-order valence-electron chi connectivity index (χ3n) is 2.21. The lowest BCUT2D eigenvalue weighted by molar-refractivity contribution is 0.0946. The molecule has 4 N–H and O–H groups in total. The van der Waals surface area contributed by atoms with E-state index in [1.165, 1.54) is 6.20 Å². The summed E-state index contributed by atoms with van der Waals surface area (Å²) in [5.74, 6) is 5.01. The van der Waals surface area contributed by atoms with Gasteiger partial charge in [0.1, 0.15) is 5.69 Å². The number of nitrogen functional groups attached to an aromatic ring is 1. The maximum absolute atomic E-state index is 11.8. The van der Waals surface area contributed by atoms with Crippen molar-refractivity contribution in [3.63, 3.8) is 0 Å². The van der Waals surface area contributed by atoms with E-state index in [-0.39, 0.29) is 5.91 Å². The molecule has 2 aromatic rings. The molecule has 0 saturated heterocycles. The van der Waals surface area contributed by atoms with Gasteiger partial charge in [0.05, 0.1) is 18.4 Å². The van der Waals surface area contributed by atoms with Crippen LogP contribution in [0.4, 0.5) is 5.69 Å². The number of nitrogens with one attached hydrogen (secondary N) is 2. The number of nitrogens with two attached hydrogens (primary N) is 1. The van der Waals surface area contributed by atoms with E-state index in [0.717, 1.165) is 9.35 Å². The molecule has 2 rings (SSSR count). The zero-order valence-corrected chi connectivity index (χ0v) is 11.7. The minimum Gasteiger partial charge on any atom is -0.346 e. The summed E-state index contributed by atoms with van der Waals surface area (Å²) in [5.41, 5.74) is 3.48. The van der Waals surface area contributed by atoms with E-state index >= 15 is 0 Å². The monoisotopic (exact) mass is 326 g/mol. The first-order valence-corrected chi connectivity index (χ1v) is 6.80. The van der Waals surface area contributed by atoms with Gasteiger partial charge in [0, 0.05) is 14.7 Å². The van der Waals surface area contributed by atoms with Crippen molar-refractivity contribution in [2.75, 3.05) is 5.43 Å². The Hall–Kier alpha value is -1.44. The topological polar surface area (TPSA) is 80.0 Å². The molecule has 0 saturated carbocycles. The molecule has 0 aromatic carbocycles. The summed E-state index contributed by atoms with van der Waals surface area (Å²) in [6.07, 6.45) is 1.51. The molecule has 0 unspecified atom stereocenters. The Kier molecular flexibility index (Phi) is 4.29. The Morgan fingerprint density at radius 2 is 2.33 bits per heavy atom. The molecule has 18 heavy (non-hydrogen) atoms. The van der Waals surface area contributed by atoms with Crippen LogP contribution in [0.2, 0.25) is 0 Å². The maximum atomic E-state index is 11.8. The molecule has 0 aliphatic rings. The largest absolute Gasteiger partial charge is 0.346 e. The highest BCUT2D eigenvalue weighted by Crippen LogP contribution is 2.19. The van der Waals surface area contributed by atoms with Gasteiger partial charge in [-0.2, -0.15) is 0 Å². The van der Waals surface area contributed by atoms with Gasteiger partial charge in [-0.3, -0.25) is 10.6 Å². The second-order valence-corrected chi connectivity index (χ2v) is 5.40. The lowest BCUT2D eigenvalue weighted by atomic mass is 10.3. The van der Waals surface area contributed by atoms with Crippen molar-refractivity contribution in [3.05, 3.63) is 44.8 Å². The van der Waals surface area contributed by atoms with Crippen molar-refractivity contribution in [1.82, 2.24) is 10.3 Å². The molecule has 5 nitrogen and oxygen atoms in total. The molecular weight excluding hydrogens is 316 g/mol. The van der Waals surface area contributed by atoms with Gasteiger partial charge in [0.15, 0.2) is 0 Å². The zero-order valence-electron chi connectivity index (χ0n) is 9.31. The average molecular weight is 327 g/mol. The predicted molar refractivity (Wildman–Crippen MR) is 75.2 cm³/mol. The van der Waals surface area contributed by atoms with Crippen molar-refractivity contribution >= 4 is 38.9 Å². The number of carbonyl (C=O) groups is 1. The number of hydrazine groups is 1. The first-order chi connectivity index (χ1) is 8.69. The number of amides is 1. The first-order valence-electron chi connectivity index (χ1n) is 5.13. The molecule has 0 aliphatic carbocycles. The number of halogens is 1. The predicted octanol–water partition coefficient (Wildman–Crippen LogP) is 2.12. The summed E-state index contributed by atoms with van der Waals surface area (Å²) >= 11 is 4.95. The number of thiophene rings is 1. The molecule has 0 spiro atoms. The highest BCUT2D eigenvalue weighted by molar-refractivity contribution is 9.10. The zero-order chi connectivity index (χ0) is 13.0. The lowest BCUT2D eigenvalue weighted by Crippen LogP contribution is -2.23. The van der Waals surface area contributed by atoms with Gasteiger partial charge >= 0.3 is 0 Å². The number of nitrogens with zero attached hydrogens (tertiary/aromatic N) is 1. The molecule has 0 atom stereocenters. The van der Waals surface area contributed by atoms with E-state index in [1.54, 1.807) is 23.5 Å². The SMILES string of the molecule is NNc1ccc(C(=O)NCc2cc(Br)cs2)nc1. The van der Waals surface area contributed by atoms with Crippen LogP contribution in [-0.4, -0.2) is 10.9 Å². The van der Waals surface area contributed by atoms with Crippen LogP contribution < -0.4 is 16.6 Å². The quantitative estimate of drug-likeness (QED) is 0.594. The van der Waals surface area contributed by atoms with Crippen LogP contribution in [0.15, 0.2) is 34.2 Å². The lowest BCUT2D eigenvalue weighted by Gasteiger charge is -2.04. The summed E-state index contributed by atoms with van der Waals surface area (Å²) in [7, 11) is 0. The Morgan fingerprint density at radius 3 is 2.89 bits per heavy atom. The molecular formula is C11H11BrN4OS. The van der Waals surface area contributed by atoms with Gasteiger partial charge in [-0.1, -0.05) is 0 Å². The second kappa shape index (κ2) is 5.94. The van der Waals surface area contributed by atoms with E-state index in [9.17, 15) is 4.79 Å². The number of aromatic nitrogens is 1. The first kappa shape index (κ1) is 13.0. The molecule has 7 heteroatoms. The molecule has 2 aromatic heterocycles. The van der Waals surface area contributed by atoms with Gasteiger partial charge in [-0.25, -0.2) is 4.98 Å². The van der Waals surface area contributed by atoms with E-state index in [0.29, 0.717) is 17.9 Å². The molecule has 94 valence electrons. The maximum Gasteiger partial charge on any atom is 0.270 e. The fourth-order valence-corrected chi connectivity index (χ4v) is 2.71. The van der Waals surface area contributed by atoms with Gasteiger partial charge in [0.25, 0.3) is 5.91 Å². The standard InChI is InChI=1S/C11H11BrN4OS/c12-7-3-9(18-6-7)5-15-11(17)10-2-1-8(16-13)4-14-10/h1-4,6,16H,5,13H2,(H,15,17). The van der Waals surface area contributed by atoms with Crippen molar-refractivity contribution in [2.45, 2.75) is 6.54 Å². The second-order valence-electron chi connectivity index (χ2n) is 3.49. The van der Waals surface area contributed by atoms with E-state index in [1.807, 2.05) is 11.4 Å². The number of carbonyl (C=O) groups excluding carboxylic acids is 1. The minimum absolute atomic E-state index is 0.205. The Labute approximate surface area is 117 Å². The molecule has 0 aliphatic heterocycles. The Bertz CT molecular complexity index is 540.